The molecule has 0 radical (unpaired) electrons. The van der Waals surface area contributed by atoms with E-state index in [-0.39, 0.29) is 12.0 Å². The van der Waals surface area contributed by atoms with Gasteiger partial charge in [-0.2, -0.15) is 0 Å². The Hall–Kier alpha value is -2.08. The highest BCUT2D eigenvalue weighted by molar-refractivity contribution is 5.92. The Morgan fingerprint density at radius 2 is 2.05 bits per heavy atom. The number of hydrogen-bond donors (Lipinski definition) is 2. The third-order valence-corrected chi connectivity index (χ3v) is 2.69. The number of hydrogen-bond acceptors (Lipinski definition) is 4. The molecule has 0 saturated heterocycles. The van der Waals surface area contributed by atoms with Crippen molar-refractivity contribution >= 4 is 17.6 Å². The quantitative estimate of drug-likeness (QED) is 0.760. The first-order valence-corrected chi connectivity index (χ1v) is 6.29. The summed E-state index contributed by atoms with van der Waals surface area (Å²) in [5.74, 6) is -0.900. The topological polar surface area (TPSA) is 84.9 Å². The fraction of sp³-hybridized carbons (Fsp3) is 0.429. The number of anilines is 1. The number of carbonyl (C=O) groups excluding carboxylic acids is 1. The van der Waals surface area contributed by atoms with Crippen molar-refractivity contribution in [2.24, 2.45) is 0 Å². The van der Waals surface area contributed by atoms with E-state index >= 15 is 0 Å². The van der Waals surface area contributed by atoms with E-state index in [0.717, 1.165) is 0 Å². The molecular formula is C14H19NO5. The average Bonchev–Trinajstić information content (AvgIpc) is 2.43. The lowest BCUT2D eigenvalue weighted by atomic mass is 10.2. The van der Waals surface area contributed by atoms with E-state index in [1.165, 1.54) is 0 Å². The summed E-state index contributed by atoms with van der Waals surface area (Å²) in [5, 5.41) is 11.3. The maximum absolute atomic E-state index is 11.8. The largest absolute Gasteiger partial charge is 0.480 e. The van der Waals surface area contributed by atoms with E-state index in [2.05, 4.69) is 5.32 Å². The van der Waals surface area contributed by atoms with Crippen LogP contribution in [0, 0.1) is 0 Å². The van der Waals surface area contributed by atoms with Gasteiger partial charge in [-0.1, -0.05) is 12.1 Å². The van der Waals surface area contributed by atoms with Crippen LogP contribution < -0.4 is 10.1 Å². The van der Waals surface area contributed by atoms with Crippen LogP contribution in [0.25, 0.3) is 0 Å². The number of carboxylic acid groups (broad SMARTS) is 1. The minimum atomic E-state index is -1.07. The van der Waals surface area contributed by atoms with Crippen LogP contribution in [0.15, 0.2) is 24.3 Å². The molecule has 0 aromatic heterocycles. The van der Waals surface area contributed by atoms with Crippen molar-refractivity contribution < 1.29 is 24.2 Å². The molecule has 0 aliphatic heterocycles. The number of ether oxygens (including phenoxy) is 2. The molecular weight excluding hydrogens is 262 g/mol. The normalized spacial score (nSPS) is 11.7. The highest BCUT2D eigenvalue weighted by Gasteiger charge is 2.10. The van der Waals surface area contributed by atoms with Gasteiger partial charge in [0.15, 0.2) is 6.61 Å². The summed E-state index contributed by atoms with van der Waals surface area (Å²) >= 11 is 0. The molecule has 1 amide bonds. The summed E-state index contributed by atoms with van der Waals surface area (Å²) in [7, 11) is 1.59. The molecule has 1 aromatic carbocycles. The van der Waals surface area contributed by atoms with E-state index in [0.29, 0.717) is 24.3 Å². The molecule has 1 rings (SSSR count). The van der Waals surface area contributed by atoms with Gasteiger partial charge in [0.2, 0.25) is 5.91 Å². The lowest BCUT2D eigenvalue weighted by Gasteiger charge is -2.12. The predicted molar refractivity (Wildman–Crippen MR) is 73.9 cm³/mol. The SMILES string of the molecule is COC(C)CCC(=O)Nc1ccccc1OCC(=O)O. The second-order valence-corrected chi connectivity index (χ2v) is 4.31. The van der Waals surface area contributed by atoms with Crippen LogP contribution in [0.2, 0.25) is 0 Å². The van der Waals surface area contributed by atoms with Gasteiger partial charge in [0.25, 0.3) is 0 Å². The molecule has 20 heavy (non-hydrogen) atoms. The fourth-order valence-corrected chi connectivity index (χ4v) is 1.50. The second kappa shape index (κ2) is 8.16. The third-order valence-electron chi connectivity index (χ3n) is 2.69. The molecule has 0 spiro atoms. The Morgan fingerprint density at radius 1 is 1.35 bits per heavy atom. The molecule has 6 heteroatoms. The molecule has 0 bridgehead atoms. The van der Waals surface area contributed by atoms with E-state index in [1.807, 2.05) is 6.92 Å². The number of benzene rings is 1. The molecule has 0 aliphatic carbocycles. The maximum Gasteiger partial charge on any atom is 0.341 e. The van der Waals surface area contributed by atoms with Gasteiger partial charge in [0, 0.05) is 13.5 Å². The molecule has 0 saturated carbocycles. The summed E-state index contributed by atoms with van der Waals surface area (Å²) in [5.41, 5.74) is 0.462. The number of para-hydroxylation sites is 2. The highest BCUT2D eigenvalue weighted by atomic mass is 16.5. The van der Waals surface area contributed by atoms with Crippen molar-refractivity contribution in [1.82, 2.24) is 0 Å². The molecule has 1 atom stereocenters. The van der Waals surface area contributed by atoms with E-state index in [4.69, 9.17) is 14.6 Å². The molecule has 110 valence electrons. The second-order valence-electron chi connectivity index (χ2n) is 4.31. The van der Waals surface area contributed by atoms with Crippen molar-refractivity contribution in [1.29, 1.82) is 0 Å². The number of amides is 1. The maximum atomic E-state index is 11.8. The van der Waals surface area contributed by atoms with Crippen LogP contribution in [0.5, 0.6) is 5.75 Å². The lowest BCUT2D eigenvalue weighted by Crippen LogP contribution is -2.16. The van der Waals surface area contributed by atoms with E-state index < -0.39 is 12.6 Å². The summed E-state index contributed by atoms with van der Waals surface area (Å²) in [6.45, 7) is 1.44. The van der Waals surface area contributed by atoms with Crippen LogP contribution in [-0.4, -0.2) is 36.8 Å². The Labute approximate surface area is 117 Å². The van der Waals surface area contributed by atoms with Gasteiger partial charge in [0.05, 0.1) is 11.8 Å². The Kier molecular flexibility index (Phi) is 6.52. The summed E-state index contributed by atoms with van der Waals surface area (Å²) in [6, 6.07) is 6.71. The summed E-state index contributed by atoms with van der Waals surface area (Å²) in [4.78, 5) is 22.3. The Balaban J connectivity index is 2.57. The fourth-order valence-electron chi connectivity index (χ4n) is 1.50. The first-order valence-electron chi connectivity index (χ1n) is 6.29. The van der Waals surface area contributed by atoms with E-state index in [1.54, 1.807) is 31.4 Å². The number of nitrogens with one attached hydrogen (secondary N) is 1. The lowest BCUT2D eigenvalue weighted by molar-refractivity contribution is -0.139. The zero-order chi connectivity index (χ0) is 15.0. The number of carboxylic acids is 1. The minimum absolute atomic E-state index is 0.0132. The summed E-state index contributed by atoms with van der Waals surface area (Å²) in [6.07, 6.45) is 0.946. The van der Waals surface area contributed by atoms with Gasteiger partial charge >= 0.3 is 5.97 Å². The van der Waals surface area contributed by atoms with Crippen LogP contribution in [0.1, 0.15) is 19.8 Å². The Bertz CT molecular complexity index is 461. The first-order chi connectivity index (χ1) is 9.52. The van der Waals surface area contributed by atoms with Crippen molar-refractivity contribution in [3.63, 3.8) is 0 Å². The first kappa shape index (κ1) is 16.0. The minimum Gasteiger partial charge on any atom is -0.480 e. The molecule has 0 heterocycles. The highest BCUT2D eigenvalue weighted by Crippen LogP contribution is 2.24. The third kappa shape index (κ3) is 5.71. The van der Waals surface area contributed by atoms with Gasteiger partial charge < -0.3 is 19.9 Å². The van der Waals surface area contributed by atoms with Crippen molar-refractivity contribution in [2.75, 3.05) is 19.0 Å². The molecule has 0 aliphatic rings. The number of aliphatic carboxylic acids is 1. The standard InChI is InChI=1S/C14H19NO5/c1-10(19-2)7-8-13(16)15-11-5-3-4-6-12(11)20-9-14(17)18/h3-6,10H,7-9H2,1-2H3,(H,15,16)(H,17,18). The van der Waals surface area contributed by atoms with Crippen LogP contribution in [-0.2, 0) is 14.3 Å². The van der Waals surface area contributed by atoms with Crippen molar-refractivity contribution in [2.45, 2.75) is 25.9 Å². The zero-order valence-electron chi connectivity index (χ0n) is 11.6. The van der Waals surface area contributed by atoms with Gasteiger partial charge in [-0.3, -0.25) is 4.79 Å². The van der Waals surface area contributed by atoms with Crippen molar-refractivity contribution in [3.05, 3.63) is 24.3 Å². The molecule has 1 aromatic rings. The molecule has 0 fully saturated rings. The zero-order valence-corrected chi connectivity index (χ0v) is 11.6. The van der Waals surface area contributed by atoms with Gasteiger partial charge in [0.1, 0.15) is 5.75 Å². The number of carbonyl (C=O) groups is 2. The smallest absolute Gasteiger partial charge is 0.341 e. The van der Waals surface area contributed by atoms with E-state index in [9.17, 15) is 9.59 Å². The average molecular weight is 281 g/mol. The van der Waals surface area contributed by atoms with Gasteiger partial charge in [-0.15, -0.1) is 0 Å². The monoisotopic (exact) mass is 281 g/mol. The molecule has 1 unspecified atom stereocenters. The molecule has 6 nitrogen and oxygen atoms in total. The number of methoxy groups -OCH3 is 1. The van der Waals surface area contributed by atoms with Gasteiger partial charge in [-0.25, -0.2) is 4.79 Å². The van der Waals surface area contributed by atoms with Crippen LogP contribution in [0.4, 0.5) is 5.69 Å². The summed E-state index contributed by atoms with van der Waals surface area (Å²) < 4.78 is 10.2. The predicted octanol–water partition coefficient (Wildman–Crippen LogP) is 1.90. The Morgan fingerprint density at radius 3 is 2.70 bits per heavy atom. The van der Waals surface area contributed by atoms with Crippen molar-refractivity contribution in [3.8, 4) is 5.75 Å². The number of rotatable bonds is 8. The van der Waals surface area contributed by atoms with Gasteiger partial charge in [-0.05, 0) is 25.5 Å². The molecule has 2 N–H and O–H groups in total. The van der Waals surface area contributed by atoms with Crippen LogP contribution in [0.3, 0.4) is 0 Å². The van der Waals surface area contributed by atoms with Crippen LogP contribution >= 0.6 is 0 Å².